The summed E-state index contributed by atoms with van der Waals surface area (Å²) in [6.07, 6.45) is 11.6. The Balaban J connectivity index is 1.37. The summed E-state index contributed by atoms with van der Waals surface area (Å²) in [6, 6.07) is 2.25. The molecule has 28 heavy (non-hydrogen) atoms. The SMILES string of the molecule is Cc1cnc(NCC2CCCCN2CCn2nc3c(cc2=O)CCCC3)nc1. The van der Waals surface area contributed by atoms with Crippen molar-refractivity contribution in [1.29, 1.82) is 0 Å². The summed E-state index contributed by atoms with van der Waals surface area (Å²) in [4.78, 5) is 23.6. The number of anilines is 1. The van der Waals surface area contributed by atoms with Gasteiger partial charge in [0.1, 0.15) is 0 Å². The van der Waals surface area contributed by atoms with Crippen molar-refractivity contribution in [3.05, 3.63) is 45.6 Å². The monoisotopic (exact) mass is 382 g/mol. The highest BCUT2D eigenvalue weighted by Crippen LogP contribution is 2.18. The Morgan fingerprint density at radius 3 is 2.79 bits per heavy atom. The topological polar surface area (TPSA) is 75.9 Å². The molecule has 150 valence electrons. The molecule has 1 atom stereocenters. The first-order chi connectivity index (χ1) is 13.7. The summed E-state index contributed by atoms with van der Waals surface area (Å²) in [5.41, 5.74) is 3.39. The van der Waals surface area contributed by atoms with E-state index in [1.807, 2.05) is 25.4 Å². The average Bonchev–Trinajstić information content (AvgIpc) is 2.72. The number of nitrogens with one attached hydrogen (secondary N) is 1. The summed E-state index contributed by atoms with van der Waals surface area (Å²) in [7, 11) is 0. The lowest BCUT2D eigenvalue weighted by Gasteiger charge is -2.35. The van der Waals surface area contributed by atoms with Gasteiger partial charge in [0.25, 0.3) is 5.56 Å². The van der Waals surface area contributed by atoms with Crippen molar-refractivity contribution in [2.75, 3.05) is 25.0 Å². The molecule has 4 rings (SSSR count). The van der Waals surface area contributed by atoms with Crippen molar-refractivity contribution in [1.82, 2.24) is 24.6 Å². The minimum atomic E-state index is 0.0420. The molecule has 2 aromatic heterocycles. The molecule has 1 aliphatic carbocycles. The summed E-state index contributed by atoms with van der Waals surface area (Å²) in [5, 5.41) is 8.04. The molecule has 1 unspecified atom stereocenters. The lowest BCUT2D eigenvalue weighted by atomic mass is 9.97. The Morgan fingerprint density at radius 1 is 1.11 bits per heavy atom. The van der Waals surface area contributed by atoms with E-state index in [9.17, 15) is 4.79 Å². The first kappa shape index (κ1) is 19.1. The molecule has 0 aromatic carbocycles. The average molecular weight is 383 g/mol. The number of nitrogens with zero attached hydrogens (tertiary/aromatic N) is 5. The smallest absolute Gasteiger partial charge is 0.267 e. The minimum Gasteiger partial charge on any atom is -0.353 e. The van der Waals surface area contributed by atoms with Crippen LogP contribution in [-0.4, -0.2) is 50.3 Å². The van der Waals surface area contributed by atoms with Crippen molar-refractivity contribution >= 4 is 5.95 Å². The Labute approximate surface area is 166 Å². The number of likely N-dealkylation sites (tertiary alicyclic amines) is 1. The van der Waals surface area contributed by atoms with Crippen molar-refractivity contribution in [2.45, 2.75) is 64.5 Å². The molecule has 0 saturated carbocycles. The van der Waals surface area contributed by atoms with Crippen LogP contribution in [0.5, 0.6) is 0 Å². The molecule has 1 saturated heterocycles. The third-order valence-electron chi connectivity index (χ3n) is 5.90. The van der Waals surface area contributed by atoms with E-state index in [2.05, 4.69) is 25.3 Å². The number of rotatable bonds is 6. The first-order valence-corrected chi connectivity index (χ1v) is 10.6. The van der Waals surface area contributed by atoms with Gasteiger partial charge in [-0.3, -0.25) is 9.69 Å². The standard InChI is InChI=1S/C21H30N6O/c1-16-13-22-21(23-14-16)24-15-18-7-4-5-9-26(18)10-11-27-20(28)12-17-6-2-3-8-19(17)25-27/h12-14,18H,2-11,15H2,1H3,(H,22,23,24). The van der Waals surface area contributed by atoms with E-state index >= 15 is 0 Å². The molecule has 1 aliphatic heterocycles. The summed E-state index contributed by atoms with van der Waals surface area (Å²) in [6.45, 7) is 5.40. The van der Waals surface area contributed by atoms with Crippen molar-refractivity contribution in [2.24, 2.45) is 0 Å². The van der Waals surface area contributed by atoms with Crippen LogP contribution in [0, 0.1) is 6.92 Å². The number of hydrogen-bond donors (Lipinski definition) is 1. The fraction of sp³-hybridized carbons (Fsp3) is 0.619. The van der Waals surface area contributed by atoms with Gasteiger partial charge < -0.3 is 5.32 Å². The van der Waals surface area contributed by atoms with E-state index in [4.69, 9.17) is 0 Å². The van der Waals surface area contributed by atoms with E-state index in [1.165, 1.54) is 25.7 Å². The van der Waals surface area contributed by atoms with Gasteiger partial charge in [0.05, 0.1) is 12.2 Å². The number of aryl methyl sites for hydroxylation is 3. The minimum absolute atomic E-state index is 0.0420. The fourth-order valence-electron chi connectivity index (χ4n) is 4.26. The van der Waals surface area contributed by atoms with Crippen LogP contribution in [0.4, 0.5) is 5.95 Å². The van der Waals surface area contributed by atoms with E-state index in [0.717, 1.165) is 55.7 Å². The van der Waals surface area contributed by atoms with Gasteiger partial charge in [-0.05, 0) is 63.1 Å². The lowest BCUT2D eigenvalue weighted by molar-refractivity contribution is 0.147. The van der Waals surface area contributed by atoms with Crippen LogP contribution in [0.3, 0.4) is 0 Å². The molecule has 3 heterocycles. The molecule has 7 heteroatoms. The zero-order chi connectivity index (χ0) is 19.3. The van der Waals surface area contributed by atoms with E-state index in [0.29, 0.717) is 18.5 Å². The molecule has 1 N–H and O–H groups in total. The molecule has 0 amide bonds. The predicted molar refractivity (Wildman–Crippen MR) is 110 cm³/mol. The van der Waals surface area contributed by atoms with Gasteiger partial charge in [0.15, 0.2) is 0 Å². The van der Waals surface area contributed by atoms with E-state index in [-0.39, 0.29) is 5.56 Å². The second-order valence-corrected chi connectivity index (χ2v) is 8.04. The van der Waals surface area contributed by atoms with Crippen LogP contribution in [-0.2, 0) is 19.4 Å². The van der Waals surface area contributed by atoms with Crippen LogP contribution >= 0.6 is 0 Å². The molecule has 0 radical (unpaired) electrons. The second-order valence-electron chi connectivity index (χ2n) is 8.04. The summed E-state index contributed by atoms with van der Waals surface area (Å²) < 4.78 is 1.67. The molecule has 0 bridgehead atoms. The van der Waals surface area contributed by atoms with Gasteiger partial charge in [-0.2, -0.15) is 5.10 Å². The van der Waals surface area contributed by atoms with Crippen LogP contribution in [0.2, 0.25) is 0 Å². The van der Waals surface area contributed by atoms with Gasteiger partial charge >= 0.3 is 0 Å². The van der Waals surface area contributed by atoms with Gasteiger partial charge in [-0.25, -0.2) is 14.6 Å². The molecule has 2 aliphatic rings. The Kier molecular flexibility index (Phi) is 6.00. The Hall–Kier alpha value is -2.28. The zero-order valence-electron chi connectivity index (χ0n) is 16.7. The number of fused-ring (bicyclic) bond motifs is 1. The third-order valence-corrected chi connectivity index (χ3v) is 5.90. The largest absolute Gasteiger partial charge is 0.353 e. The van der Waals surface area contributed by atoms with Gasteiger partial charge in [-0.1, -0.05) is 6.42 Å². The Bertz CT molecular complexity index is 847. The first-order valence-electron chi connectivity index (χ1n) is 10.6. The lowest BCUT2D eigenvalue weighted by Crippen LogP contribution is -2.46. The highest BCUT2D eigenvalue weighted by molar-refractivity contribution is 5.24. The van der Waals surface area contributed by atoms with Gasteiger partial charge in [0, 0.05) is 37.6 Å². The maximum atomic E-state index is 12.4. The number of hydrogen-bond acceptors (Lipinski definition) is 6. The zero-order valence-corrected chi connectivity index (χ0v) is 16.7. The van der Waals surface area contributed by atoms with Gasteiger partial charge in [-0.15, -0.1) is 0 Å². The molecule has 1 fully saturated rings. The van der Waals surface area contributed by atoms with Crippen LogP contribution in [0.1, 0.15) is 48.9 Å². The molecule has 0 spiro atoms. The maximum Gasteiger partial charge on any atom is 0.267 e. The quantitative estimate of drug-likeness (QED) is 0.825. The van der Waals surface area contributed by atoms with Crippen LogP contribution < -0.4 is 10.9 Å². The van der Waals surface area contributed by atoms with Crippen molar-refractivity contribution < 1.29 is 0 Å². The van der Waals surface area contributed by atoms with Crippen molar-refractivity contribution in [3.8, 4) is 0 Å². The second kappa shape index (κ2) is 8.82. The molecule has 2 aromatic rings. The maximum absolute atomic E-state index is 12.4. The summed E-state index contributed by atoms with van der Waals surface area (Å²) >= 11 is 0. The predicted octanol–water partition coefficient (Wildman–Crippen LogP) is 2.19. The van der Waals surface area contributed by atoms with E-state index in [1.54, 1.807) is 4.68 Å². The highest BCUT2D eigenvalue weighted by atomic mass is 16.1. The normalized spacial score (nSPS) is 20.0. The Morgan fingerprint density at radius 2 is 1.93 bits per heavy atom. The van der Waals surface area contributed by atoms with Crippen LogP contribution in [0.15, 0.2) is 23.3 Å². The molecular formula is C21H30N6O. The van der Waals surface area contributed by atoms with Gasteiger partial charge in [0.2, 0.25) is 5.95 Å². The van der Waals surface area contributed by atoms with Crippen LogP contribution in [0.25, 0.3) is 0 Å². The van der Waals surface area contributed by atoms with Crippen molar-refractivity contribution in [3.63, 3.8) is 0 Å². The molecule has 7 nitrogen and oxygen atoms in total. The van der Waals surface area contributed by atoms with E-state index < -0.39 is 0 Å². The summed E-state index contributed by atoms with van der Waals surface area (Å²) in [5.74, 6) is 0.684. The number of aromatic nitrogens is 4. The number of piperidine rings is 1. The third kappa shape index (κ3) is 4.58. The molecular weight excluding hydrogens is 352 g/mol. The fourth-order valence-corrected chi connectivity index (χ4v) is 4.26. The highest BCUT2D eigenvalue weighted by Gasteiger charge is 2.23.